The number of hydrogen-bond acceptors (Lipinski definition) is 7. The monoisotopic (exact) mass is 458 g/mol. The molecule has 7 nitrogen and oxygen atoms in total. The third-order valence-electron chi connectivity index (χ3n) is 5.88. The molecule has 0 amide bonds. The summed E-state index contributed by atoms with van der Waals surface area (Å²) < 4.78 is 21.1. The van der Waals surface area contributed by atoms with Crippen LogP contribution >= 0.6 is 12.6 Å². The molecule has 0 spiro atoms. The first-order valence-corrected chi connectivity index (χ1v) is 11.5. The molecule has 9 heteroatoms. The van der Waals surface area contributed by atoms with Crippen LogP contribution in [0.2, 0.25) is 0 Å². The molecule has 1 aliphatic heterocycles. The van der Waals surface area contributed by atoms with Crippen molar-refractivity contribution in [2.45, 2.75) is 44.0 Å². The minimum atomic E-state index is -0.588. The van der Waals surface area contributed by atoms with E-state index >= 15 is 0 Å². The average molecular weight is 459 g/mol. The van der Waals surface area contributed by atoms with E-state index in [0.717, 1.165) is 24.8 Å². The molecule has 2 atom stereocenters. The van der Waals surface area contributed by atoms with Crippen molar-refractivity contribution < 1.29 is 18.7 Å². The van der Waals surface area contributed by atoms with Crippen LogP contribution in [0, 0.1) is 11.7 Å². The molecule has 1 aromatic heterocycles. The molecule has 0 N–H and O–H groups in total. The zero-order valence-electron chi connectivity index (χ0n) is 18.0. The van der Waals surface area contributed by atoms with Crippen molar-refractivity contribution in [3.05, 3.63) is 59.2 Å². The summed E-state index contributed by atoms with van der Waals surface area (Å²) in [5.74, 6) is -0.729. The van der Waals surface area contributed by atoms with Gasteiger partial charge in [0.25, 0.3) is 0 Å². The van der Waals surface area contributed by atoms with Gasteiger partial charge in [-0.3, -0.25) is 9.69 Å². The van der Waals surface area contributed by atoms with Crippen LogP contribution in [0.5, 0.6) is 0 Å². The van der Waals surface area contributed by atoms with Gasteiger partial charge in [-0.05, 0) is 37.8 Å². The van der Waals surface area contributed by atoms with Crippen LogP contribution in [-0.2, 0) is 16.1 Å². The van der Waals surface area contributed by atoms with Crippen LogP contribution < -0.4 is 0 Å². The molecule has 170 valence electrons. The third-order valence-corrected chi connectivity index (χ3v) is 6.47. The van der Waals surface area contributed by atoms with Gasteiger partial charge >= 0.3 is 5.97 Å². The van der Waals surface area contributed by atoms with E-state index < -0.39 is 12.0 Å². The molecule has 2 unspecified atom stereocenters. The summed E-state index contributed by atoms with van der Waals surface area (Å²) in [6.45, 7) is 3.60. The van der Waals surface area contributed by atoms with Crippen molar-refractivity contribution in [1.29, 1.82) is 0 Å². The van der Waals surface area contributed by atoms with Gasteiger partial charge in [-0.25, -0.2) is 13.9 Å². The lowest BCUT2D eigenvalue weighted by atomic mass is 9.93. The number of allylic oxidation sites excluding steroid dienone is 1. The molecule has 32 heavy (non-hydrogen) atoms. The van der Waals surface area contributed by atoms with Gasteiger partial charge in [0.15, 0.2) is 11.5 Å². The number of rotatable bonds is 8. The predicted octanol–water partition coefficient (Wildman–Crippen LogP) is 3.24. The van der Waals surface area contributed by atoms with Gasteiger partial charge in [0.05, 0.1) is 25.4 Å². The first-order valence-electron chi connectivity index (χ1n) is 10.9. The Bertz CT molecular complexity index is 1020. The third kappa shape index (κ3) is 5.10. The summed E-state index contributed by atoms with van der Waals surface area (Å²) in [7, 11) is 0. The van der Waals surface area contributed by atoms with Gasteiger partial charge in [0.1, 0.15) is 5.82 Å². The molecule has 4 rings (SSSR count). The van der Waals surface area contributed by atoms with Crippen LogP contribution in [0.4, 0.5) is 4.39 Å². The second kappa shape index (κ2) is 9.95. The normalized spacial score (nSPS) is 21.5. The first-order chi connectivity index (χ1) is 15.5. The summed E-state index contributed by atoms with van der Waals surface area (Å²) in [6.07, 6.45) is 6.05. The lowest BCUT2D eigenvalue weighted by Gasteiger charge is -2.37. The average Bonchev–Trinajstić information content (AvgIpc) is 3.53. The molecule has 2 fully saturated rings. The van der Waals surface area contributed by atoms with Crippen molar-refractivity contribution in [2.75, 3.05) is 19.7 Å². The fourth-order valence-electron chi connectivity index (χ4n) is 4.03. The Kier molecular flexibility index (Phi) is 7.05. The number of piperidine rings is 1. The van der Waals surface area contributed by atoms with E-state index in [1.165, 1.54) is 6.07 Å². The minimum Gasteiger partial charge on any atom is -0.461 e. The van der Waals surface area contributed by atoms with Crippen molar-refractivity contribution in [3.8, 4) is 0 Å². The van der Waals surface area contributed by atoms with Gasteiger partial charge < -0.3 is 4.74 Å². The lowest BCUT2D eigenvalue weighted by molar-refractivity contribution is -0.126. The van der Waals surface area contributed by atoms with E-state index in [0.29, 0.717) is 25.2 Å². The molecular weight excluding hydrogens is 431 g/mol. The number of ketones is 1. The number of aromatic nitrogens is 3. The highest BCUT2D eigenvalue weighted by Crippen LogP contribution is 2.39. The Balaban J connectivity index is 1.52. The Morgan fingerprint density at radius 2 is 2.09 bits per heavy atom. The predicted molar refractivity (Wildman–Crippen MR) is 120 cm³/mol. The second-order valence-corrected chi connectivity index (χ2v) is 8.82. The number of ether oxygens (including phenoxy) is 1. The second-order valence-electron chi connectivity index (χ2n) is 8.20. The molecule has 1 aliphatic carbocycles. The number of benzene rings is 1. The quantitative estimate of drug-likeness (QED) is 0.372. The van der Waals surface area contributed by atoms with Gasteiger partial charge in [-0.2, -0.15) is 12.6 Å². The summed E-state index contributed by atoms with van der Waals surface area (Å²) in [4.78, 5) is 27.0. The summed E-state index contributed by atoms with van der Waals surface area (Å²) >= 11 is 4.72. The van der Waals surface area contributed by atoms with Crippen LogP contribution in [0.1, 0.15) is 48.3 Å². The maximum Gasteiger partial charge on any atom is 0.360 e. The number of esters is 1. The fourth-order valence-corrected chi connectivity index (χ4v) is 4.33. The lowest BCUT2D eigenvalue weighted by Crippen LogP contribution is -2.42. The number of nitrogens with zero attached hydrogens (tertiary/aromatic N) is 4. The van der Waals surface area contributed by atoms with E-state index in [1.54, 1.807) is 36.0 Å². The molecule has 2 heterocycles. The van der Waals surface area contributed by atoms with E-state index in [2.05, 4.69) is 15.2 Å². The number of hydrogen-bond donors (Lipinski definition) is 1. The maximum absolute atomic E-state index is 14.6. The van der Waals surface area contributed by atoms with Crippen LogP contribution in [0.3, 0.4) is 0 Å². The van der Waals surface area contributed by atoms with Gasteiger partial charge in [0.2, 0.25) is 0 Å². The van der Waals surface area contributed by atoms with E-state index in [-0.39, 0.29) is 35.1 Å². The first kappa shape index (κ1) is 22.7. The van der Waals surface area contributed by atoms with Gasteiger partial charge in [0, 0.05) is 29.8 Å². The van der Waals surface area contributed by atoms with E-state index in [9.17, 15) is 14.0 Å². The molecule has 0 radical (unpaired) electrons. The summed E-state index contributed by atoms with van der Waals surface area (Å²) in [5, 5.41) is 7.87. The molecule has 1 saturated heterocycles. The Labute approximate surface area is 192 Å². The number of carbonyl (C=O) groups excluding carboxylic acids is 2. The fraction of sp³-hybridized carbons (Fsp3) is 0.478. The maximum atomic E-state index is 14.6. The number of likely N-dealkylation sites (tertiary alicyclic amines) is 1. The Morgan fingerprint density at radius 3 is 2.81 bits per heavy atom. The van der Waals surface area contributed by atoms with E-state index in [1.807, 2.05) is 6.08 Å². The number of halogens is 1. The minimum absolute atomic E-state index is 0.0252. The van der Waals surface area contributed by atoms with Crippen LogP contribution in [0.25, 0.3) is 0 Å². The van der Waals surface area contributed by atoms with Crippen molar-refractivity contribution >= 4 is 24.4 Å². The zero-order chi connectivity index (χ0) is 22.7. The van der Waals surface area contributed by atoms with Crippen molar-refractivity contribution in [1.82, 2.24) is 19.9 Å². The Morgan fingerprint density at radius 1 is 1.31 bits per heavy atom. The largest absolute Gasteiger partial charge is 0.461 e. The number of Topliss-reactive ketones (excluding diaryl/α,β-unsaturated/α-hetero) is 1. The molecule has 1 saturated carbocycles. The smallest absolute Gasteiger partial charge is 0.360 e. The van der Waals surface area contributed by atoms with Gasteiger partial charge in [-0.15, -0.1) is 5.10 Å². The van der Waals surface area contributed by atoms with Crippen LogP contribution in [0.15, 0.2) is 42.1 Å². The summed E-state index contributed by atoms with van der Waals surface area (Å²) in [6, 6.07) is 5.96. The Hall–Kier alpha value is -2.52. The van der Waals surface area contributed by atoms with Crippen LogP contribution in [-0.4, -0.2) is 56.6 Å². The van der Waals surface area contributed by atoms with E-state index in [4.69, 9.17) is 17.4 Å². The van der Waals surface area contributed by atoms with Gasteiger partial charge in [-0.1, -0.05) is 29.5 Å². The number of carbonyl (C=O) groups is 2. The molecule has 0 bridgehead atoms. The topological polar surface area (TPSA) is 77.3 Å². The molecule has 2 aliphatic rings. The number of thiol groups is 1. The zero-order valence-corrected chi connectivity index (χ0v) is 18.9. The highest BCUT2D eigenvalue weighted by molar-refractivity contribution is 7.81. The molecule has 1 aromatic carbocycles. The van der Waals surface area contributed by atoms with Crippen molar-refractivity contribution in [2.24, 2.45) is 5.92 Å². The van der Waals surface area contributed by atoms with Crippen molar-refractivity contribution in [3.63, 3.8) is 0 Å². The SMILES string of the molecule is CCOC(=O)c1cn(C/C=C2/CN(C(C(=O)C3CC3)c3ccccc3F)CCC2S)nn1. The standard InChI is InChI=1S/C23H27FN4O3S/c1-2-31-23(30)19-14-28(26-25-19)12-9-16-13-27(11-10-20(16)32)21(22(29)15-7-8-15)17-5-3-4-6-18(17)24/h3-6,9,14-15,20-21,32H,2,7-8,10-13H2,1H3/b16-9-. The highest BCUT2D eigenvalue weighted by Gasteiger charge is 2.40. The molecular formula is C23H27FN4O3S. The summed E-state index contributed by atoms with van der Waals surface area (Å²) in [5.41, 5.74) is 1.64. The highest BCUT2D eigenvalue weighted by atomic mass is 32.1. The molecule has 2 aromatic rings.